The van der Waals surface area contributed by atoms with Crippen molar-refractivity contribution in [3.63, 3.8) is 0 Å². The molecular formula is C20H27N3O5. The molecule has 2 heterocycles. The minimum Gasteiger partial charge on any atom is -0.491 e. The zero-order chi connectivity index (χ0) is 20.2. The van der Waals surface area contributed by atoms with Crippen LogP contribution in [0.4, 0.5) is 16.2 Å². The summed E-state index contributed by atoms with van der Waals surface area (Å²) in [5.74, 6) is 1.23. The van der Waals surface area contributed by atoms with Crippen molar-refractivity contribution < 1.29 is 19.2 Å². The molecule has 8 nitrogen and oxygen atoms in total. The molecule has 1 saturated heterocycles. The number of benzene rings is 1. The van der Waals surface area contributed by atoms with Crippen LogP contribution in [0.3, 0.4) is 0 Å². The van der Waals surface area contributed by atoms with Crippen LogP contribution in [0.1, 0.15) is 32.8 Å². The maximum atomic E-state index is 12.7. The molecule has 1 aromatic rings. The number of ether oxygens (including phenoxy) is 2. The third-order valence-corrected chi connectivity index (χ3v) is 5.94. The fraction of sp³-hybridized carbons (Fsp3) is 0.650. The molecule has 0 radical (unpaired) electrons. The molecule has 0 aromatic heterocycles. The highest BCUT2D eigenvalue weighted by Gasteiger charge is 2.50. The quantitative estimate of drug-likeness (QED) is 0.541. The molecule has 4 rings (SSSR count). The highest BCUT2D eigenvalue weighted by molar-refractivity contribution is 5.70. The van der Waals surface area contributed by atoms with Gasteiger partial charge in [-0.25, -0.2) is 4.79 Å². The number of rotatable bonds is 1. The van der Waals surface area contributed by atoms with Crippen molar-refractivity contribution in [3.8, 4) is 5.75 Å². The van der Waals surface area contributed by atoms with Gasteiger partial charge in [0.05, 0.1) is 23.3 Å². The highest BCUT2D eigenvalue weighted by atomic mass is 16.6. The predicted molar refractivity (Wildman–Crippen MR) is 104 cm³/mol. The summed E-state index contributed by atoms with van der Waals surface area (Å²) in [4.78, 5) is 27.6. The van der Waals surface area contributed by atoms with Gasteiger partial charge in [-0.05, 0) is 45.6 Å². The van der Waals surface area contributed by atoms with Gasteiger partial charge in [-0.1, -0.05) is 0 Å². The molecule has 2 bridgehead atoms. The third kappa shape index (κ3) is 3.25. The molecule has 8 heteroatoms. The SMILES string of the molecule is Cc1cc([N+](=O)[O-])cc2c1N1CCN(C(=O)OC(C)(C)C)CC3CC1[C@@H]3CO2. The Labute approximate surface area is 164 Å². The van der Waals surface area contributed by atoms with E-state index in [0.29, 0.717) is 49.9 Å². The van der Waals surface area contributed by atoms with Gasteiger partial charge in [0.2, 0.25) is 0 Å². The molecule has 1 aliphatic carbocycles. The molecule has 1 saturated carbocycles. The first-order valence-electron chi connectivity index (χ1n) is 9.80. The minimum atomic E-state index is -0.528. The van der Waals surface area contributed by atoms with E-state index in [-0.39, 0.29) is 16.7 Å². The van der Waals surface area contributed by atoms with E-state index < -0.39 is 5.60 Å². The lowest BCUT2D eigenvalue weighted by Crippen LogP contribution is -2.61. The van der Waals surface area contributed by atoms with Gasteiger partial charge in [0, 0.05) is 37.7 Å². The number of anilines is 1. The third-order valence-electron chi connectivity index (χ3n) is 5.94. The normalized spacial score (nSPS) is 26.1. The Morgan fingerprint density at radius 3 is 2.75 bits per heavy atom. The fourth-order valence-electron chi connectivity index (χ4n) is 4.63. The minimum absolute atomic E-state index is 0.0484. The summed E-state index contributed by atoms with van der Waals surface area (Å²) < 4.78 is 11.6. The van der Waals surface area contributed by atoms with Crippen LogP contribution in [0.2, 0.25) is 0 Å². The first kappa shape index (κ1) is 18.8. The molecule has 3 atom stereocenters. The van der Waals surface area contributed by atoms with Gasteiger partial charge in [0.15, 0.2) is 0 Å². The number of carbonyl (C=O) groups is 1. The van der Waals surface area contributed by atoms with Gasteiger partial charge in [-0.2, -0.15) is 0 Å². The smallest absolute Gasteiger partial charge is 0.410 e. The first-order valence-corrected chi connectivity index (χ1v) is 9.80. The van der Waals surface area contributed by atoms with Crippen LogP contribution in [0, 0.1) is 28.9 Å². The Kier molecular flexibility index (Phi) is 4.39. The Morgan fingerprint density at radius 1 is 1.32 bits per heavy atom. The van der Waals surface area contributed by atoms with Crippen LogP contribution in [0.25, 0.3) is 0 Å². The van der Waals surface area contributed by atoms with E-state index in [4.69, 9.17) is 9.47 Å². The average molecular weight is 389 g/mol. The second-order valence-electron chi connectivity index (χ2n) is 9.02. The van der Waals surface area contributed by atoms with Crippen LogP contribution in [-0.4, -0.2) is 53.8 Å². The Bertz CT molecular complexity index is 819. The second-order valence-corrected chi connectivity index (χ2v) is 9.02. The molecule has 0 N–H and O–H groups in total. The first-order chi connectivity index (χ1) is 13.1. The average Bonchev–Trinajstić information content (AvgIpc) is 2.65. The zero-order valence-corrected chi connectivity index (χ0v) is 16.8. The van der Waals surface area contributed by atoms with Crippen molar-refractivity contribution in [2.45, 2.75) is 45.8 Å². The molecule has 1 aromatic carbocycles. The van der Waals surface area contributed by atoms with E-state index in [1.165, 1.54) is 6.07 Å². The molecule has 1 amide bonds. The van der Waals surface area contributed by atoms with E-state index in [1.54, 1.807) is 11.0 Å². The van der Waals surface area contributed by atoms with Gasteiger partial charge in [-0.15, -0.1) is 0 Å². The van der Waals surface area contributed by atoms with Crippen molar-refractivity contribution in [3.05, 3.63) is 27.8 Å². The van der Waals surface area contributed by atoms with Gasteiger partial charge in [0.1, 0.15) is 11.4 Å². The number of nitro groups is 1. The summed E-state index contributed by atoms with van der Waals surface area (Å²) in [6.45, 7) is 9.90. The number of hydrogen-bond acceptors (Lipinski definition) is 6. The topological polar surface area (TPSA) is 85.2 Å². The summed E-state index contributed by atoms with van der Waals surface area (Å²) in [7, 11) is 0. The zero-order valence-electron chi connectivity index (χ0n) is 16.8. The number of nitrogens with zero attached hydrogens (tertiary/aromatic N) is 3. The lowest BCUT2D eigenvalue weighted by molar-refractivity contribution is -0.385. The van der Waals surface area contributed by atoms with Crippen LogP contribution < -0.4 is 9.64 Å². The predicted octanol–water partition coefficient (Wildman–Crippen LogP) is 3.36. The molecule has 28 heavy (non-hydrogen) atoms. The molecule has 2 aliphatic heterocycles. The van der Waals surface area contributed by atoms with Crippen molar-refractivity contribution in [2.75, 3.05) is 31.1 Å². The van der Waals surface area contributed by atoms with E-state index >= 15 is 0 Å². The summed E-state index contributed by atoms with van der Waals surface area (Å²) in [5.41, 5.74) is 1.27. The number of fused-ring (bicyclic) bond motifs is 4. The van der Waals surface area contributed by atoms with Crippen molar-refractivity contribution in [1.82, 2.24) is 4.90 Å². The Morgan fingerprint density at radius 2 is 2.07 bits per heavy atom. The summed E-state index contributed by atoms with van der Waals surface area (Å²) >= 11 is 0. The largest absolute Gasteiger partial charge is 0.491 e. The molecule has 152 valence electrons. The van der Waals surface area contributed by atoms with Crippen molar-refractivity contribution in [2.24, 2.45) is 11.8 Å². The number of aryl methyl sites for hydroxylation is 1. The fourth-order valence-corrected chi connectivity index (χ4v) is 4.63. The van der Waals surface area contributed by atoms with Crippen LogP contribution in [-0.2, 0) is 4.74 Å². The van der Waals surface area contributed by atoms with Crippen molar-refractivity contribution in [1.29, 1.82) is 0 Å². The summed E-state index contributed by atoms with van der Waals surface area (Å²) in [6.07, 6.45) is 0.709. The summed E-state index contributed by atoms with van der Waals surface area (Å²) in [5, 5.41) is 11.2. The van der Waals surface area contributed by atoms with Gasteiger partial charge in [-0.3, -0.25) is 10.1 Å². The highest BCUT2D eigenvalue weighted by Crippen LogP contribution is 2.49. The maximum Gasteiger partial charge on any atom is 0.410 e. The van der Waals surface area contributed by atoms with Gasteiger partial charge in [0.25, 0.3) is 5.69 Å². The van der Waals surface area contributed by atoms with Crippen LogP contribution in [0.15, 0.2) is 12.1 Å². The van der Waals surface area contributed by atoms with Crippen molar-refractivity contribution >= 4 is 17.5 Å². The molecule has 2 unspecified atom stereocenters. The lowest BCUT2D eigenvalue weighted by Gasteiger charge is -2.53. The van der Waals surface area contributed by atoms with Gasteiger partial charge < -0.3 is 19.3 Å². The van der Waals surface area contributed by atoms with E-state index in [0.717, 1.165) is 17.7 Å². The number of hydrogen-bond donors (Lipinski definition) is 0. The van der Waals surface area contributed by atoms with E-state index in [1.807, 2.05) is 27.7 Å². The number of non-ortho nitro benzene ring substituents is 1. The Balaban J connectivity index is 1.64. The molecule has 3 aliphatic rings. The number of amides is 1. The summed E-state index contributed by atoms with van der Waals surface area (Å²) in [6, 6.07) is 3.48. The van der Waals surface area contributed by atoms with Crippen LogP contribution in [0.5, 0.6) is 5.75 Å². The lowest BCUT2D eigenvalue weighted by atomic mass is 9.68. The second kappa shape index (κ2) is 6.53. The maximum absolute atomic E-state index is 12.7. The molecule has 0 spiro atoms. The number of carbonyl (C=O) groups excluding carboxylic acids is 1. The standard InChI is InChI=1S/C20H27N3O5/c1-12-7-14(23(25)26)9-17-18(12)22-6-5-21(19(24)28-20(2,3)4)10-13-8-16(22)15(13)11-27-17/h7,9,13,15-16H,5-6,8,10-11H2,1-4H3/t13?,15-,16?/m1/s1. The van der Waals surface area contributed by atoms with E-state index in [9.17, 15) is 14.9 Å². The van der Waals surface area contributed by atoms with Gasteiger partial charge >= 0.3 is 6.09 Å². The van der Waals surface area contributed by atoms with Crippen LogP contribution >= 0.6 is 0 Å². The molecular weight excluding hydrogens is 362 g/mol. The Hall–Kier alpha value is -2.51. The number of nitro benzene ring substituents is 1. The van der Waals surface area contributed by atoms with E-state index in [2.05, 4.69) is 4.90 Å². The monoisotopic (exact) mass is 389 g/mol. The molecule has 2 fully saturated rings.